The van der Waals surface area contributed by atoms with Gasteiger partial charge in [-0.05, 0) is 117 Å². The molecule has 3 heterocycles. The van der Waals surface area contributed by atoms with E-state index in [1.807, 2.05) is 0 Å². The summed E-state index contributed by atoms with van der Waals surface area (Å²) in [6.07, 6.45) is 8.90. The van der Waals surface area contributed by atoms with Crippen molar-refractivity contribution in [2.45, 2.75) is 18.3 Å². The summed E-state index contributed by atoms with van der Waals surface area (Å²) in [7, 11) is 0. The van der Waals surface area contributed by atoms with E-state index in [2.05, 4.69) is 272 Å². The molecule has 0 radical (unpaired) electrons. The molecule has 4 nitrogen and oxygen atoms in total. The Hall–Kier alpha value is -9.51. The molecule has 10 aromatic carbocycles. The number of nitrogens with zero attached hydrogens (tertiary/aromatic N) is 4. The molecule has 1 aliphatic heterocycles. The monoisotopic (exact) mass is 944 g/mol. The van der Waals surface area contributed by atoms with Gasteiger partial charge in [0.1, 0.15) is 0 Å². The van der Waals surface area contributed by atoms with Crippen LogP contribution in [0.1, 0.15) is 29.5 Å². The molecular formula is C70H48N4. The Bertz CT molecular complexity index is 4190. The highest BCUT2D eigenvalue weighted by atomic mass is 15.0. The fraction of sp³-hybridized carbons (Fsp3) is 0.0429. The topological polar surface area (TPSA) is 43.6 Å². The molecule has 0 saturated heterocycles. The average molecular weight is 945 g/mol. The summed E-state index contributed by atoms with van der Waals surface area (Å²) >= 11 is 0. The van der Waals surface area contributed by atoms with Crippen LogP contribution in [0.15, 0.2) is 273 Å². The van der Waals surface area contributed by atoms with Crippen molar-refractivity contribution < 1.29 is 0 Å². The van der Waals surface area contributed by atoms with Crippen LogP contribution in [0.25, 0.3) is 106 Å². The van der Waals surface area contributed by atoms with Gasteiger partial charge >= 0.3 is 0 Å². The third-order valence-electron chi connectivity index (χ3n) is 15.2. The van der Waals surface area contributed by atoms with Gasteiger partial charge in [-0.2, -0.15) is 0 Å². The van der Waals surface area contributed by atoms with Crippen LogP contribution in [-0.4, -0.2) is 19.5 Å². The Morgan fingerprint density at radius 3 is 1.57 bits per heavy atom. The van der Waals surface area contributed by atoms with E-state index < -0.39 is 5.41 Å². The van der Waals surface area contributed by atoms with Crippen LogP contribution >= 0.6 is 0 Å². The number of fused-ring (bicyclic) bond motifs is 5. The maximum Gasteiger partial charge on any atom is 0.164 e. The van der Waals surface area contributed by atoms with Crippen LogP contribution in [0, 0.1) is 0 Å². The van der Waals surface area contributed by atoms with Gasteiger partial charge in [-0.3, -0.25) is 0 Å². The van der Waals surface area contributed by atoms with Crippen molar-refractivity contribution in [3.63, 3.8) is 0 Å². The first-order chi connectivity index (χ1) is 36.7. The molecule has 12 aromatic rings. The zero-order valence-electron chi connectivity index (χ0n) is 40.6. The standard InChI is InChI=1S/C70H48N4/c1-5-21-47(22-6-1)49-25-17-27-51(43-49)52-28-19-30-54(45-52)67-71-68(73-69(72-67)60-36-14-13-35-58(60)53-29-18-26-50(44-53)48-23-7-2-8-24-48)55-41-42-64-61(46-55)59-37-20-39-63-66(59)74(64)65-40-16-15-38-62(65)70(63,56-31-9-3-10-32-56)57-33-11-4-12-34-57/h1-11,13-33,35-46H,12,34H2. The molecule has 2 aliphatic rings. The Balaban J connectivity index is 0.972. The average Bonchev–Trinajstić information content (AvgIpc) is 3.92. The smallest absolute Gasteiger partial charge is 0.164 e. The number of allylic oxidation sites excluding steroid dienone is 4. The summed E-state index contributed by atoms with van der Waals surface area (Å²) in [5.74, 6) is 1.83. The zero-order chi connectivity index (χ0) is 49.0. The van der Waals surface area contributed by atoms with Gasteiger partial charge in [0.05, 0.1) is 22.1 Å². The molecule has 1 aliphatic carbocycles. The van der Waals surface area contributed by atoms with Gasteiger partial charge in [-0.15, -0.1) is 0 Å². The molecule has 1 unspecified atom stereocenters. The van der Waals surface area contributed by atoms with E-state index in [1.165, 1.54) is 55.5 Å². The number of aromatic nitrogens is 4. The van der Waals surface area contributed by atoms with Gasteiger partial charge in [0.15, 0.2) is 17.5 Å². The fourth-order valence-corrected chi connectivity index (χ4v) is 11.9. The lowest BCUT2D eigenvalue weighted by molar-refractivity contribution is 0.666. The minimum atomic E-state index is -0.473. The molecule has 0 bridgehead atoms. The zero-order valence-corrected chi connectivity index (χ0v) is 40.6. The third-order valence-corrected chi connectivity index (χ3v) is 15.2. The number of benzene rings is 10. The van der Waals surface area contributed by atoms with Crippen LogP contribution in [0.3, 0.4) is 0 Å². The molecule has 0 N–H and O–H groups in total. The Morgan fingerprint density at radius 1 is 0.365 bits per heavy atom. The van der Waals surface area contributed by atoms with Crippen molar-refractivity contribution in [2.75, 3.05) is 0 Å². The van der Waals surface area contributed by atoms with E-state index in [4.69, 9.17) is 15.0 Å². The number of hydrogen-bond donors (Lipinski definition) is 0. The predicted molar refractivity (Wildman–Crippen MR) is 305 cm³/mol. The summed E-state index contributed by atoms with van der Waals surface area (Å²) in [5.41, 5.74) is 20.2. The van der Waals surface area contributed by atoms with Gasteiger partial charge in [0.2, 0.25) is 0 Å². The van der Waals surface area contributed by atoms with Crippen molar-refractivity contribution in [2.24, 2.45) is 0 Å². The van der Waals surface area contributed by atoms with Gasteiger partial charge in [0, 0.05) is 27.5 Å². The molecule has 0 spiro atoms. The molecule has 74 heavy (non-hydrogen) atoms. The second-order valence-corrected chi connectivity index (χ2v) is 19.4. The van der Waals surface area contributed by atoms with Gasteiger partial charge in [-0.1, -0.05) is 230 Å². The van der Waals surface area contributed by atoms with Crippen LogP contribution in [0.4, 0.5) is 0 Å². The maximum absolute atomic E-state index is 5.45. The Labute approximate surface area is 431 Å². The second-order valence-electron chi connectivity index (χ2n) is 19.4. The number of rotatable bonds is 9. The SMILES string of the molecule is C1=CCCC(C2(c3ccccc3)c3ccccc3-n3c4ccc(-c5nc(-c6cccc(-c7cccc(-c8ccccc8)c7)c6)nc(-c6ccccc6-c6cccc(-c7ccccc7)c6)n5)cc4c4cccc2c43)=C1. The maximum atomic E-state index is 5.45. The highest BCUT2D eigenvalue weighted by Crippen LogP contribution is 2.56. The lowest BCUT2D eigenvalue weighted by Gasteiger charge is -2.43. The second kappa shape index (κ2) is 18.0. The minimum absolute atomic E-state index is 0.473. The van der Waals surface area contributed by atoms with E-state index in [0.29, 0.717) is 17.5 Å². The summed E-state index contributed by atoms with van der Waals surface area (Å²) in [6.45, 7) is 0. The molecular weight excluding hydrogens is 897 g/mol. The van der Waals surface area contributed by atoms with E-state index >= 15 is 0 Å². The molecule has 2 aromatic heterocycles. The van der Waals surface area contributed by atoms with Crippen LogP contribution in [-0.2, 0) is 5.41 Å². The fourth-order valence-electron chi connectivity index (χ4n) is 11.9. The van der Waals surface area contributed by atoms with Gasteiger partial charge in [-0.25, -0.2) is 15.0 Å². The van der Waals surface area contributed by atoms with Crippen molar-refractivity contribution in [1.29, 1.82) is 0 Å². The van der Waals surface area contributed by atoms with Crippen molar-refractivity contribution in [3.8, 4) is 84.4 Å². The van der Waals surface area contributed by atoms with Gasteiger partial charge in [0.25, 0.3) is 0 Å². The first-order valence-corrected chi connectivity index (χ1v) is 25.6. The Kier molecular flexibility index (Phi) is 10.5. The summed E-state index contributed by atoms with van der Waals surface area (Å²) in [6, 6.07) is 89.6. The molecule has 0 saturated carbocycles. The van der Waals surface area contributed by atoms with E-state index in [1.54, 1.807) is 0 Å². The first-order valence-electron chi connectivity index (χ1n) is 25.6. The number of para-hydroxylation sites is 2. The summed E-state index contributed by atoms with van der Waals surface area (Å²) in [4.78, 5) is 16.3. The lowest BCUT2D eigenvalue weighted by atomic mass is 9.61. The summed E-state index contributed by atoms with van der Waals surface area (Å²) in [5, 5.41) is 2.35. The van der Waals surface area contributed by atoms with E-state index in [-0.39, 0.29) is 0 Å². The normalized spacial score (nSPS) is 14.7. The lowest BCUT2D eigenvalue weighted by Crippen LogP contribution is -2.36. The molecule has 4 heteroatoms. The first kappa shape index (κ1) is 43.3. The van der Waals surface area contributed by atoms with Crippen molar-refractivity contribution in [1.82, 2.24) is 19.5 Å². The molecule has 1 atom stereocenters. The molecule has 14 rings (SSSR count). The molecule has 348 valence electrons. The van der Waals surface area contributed by atoms with E-state index in [0.717, 1.165) is 68.3 Å². The highest BCUT2D eigenvalue weighted by Gasteiger charge is 2.46. The Morgan fingerprint density at radius 2 is 0.878 bits per heavy atom. The van der Waals surface area contributed by atoms with Crippen LogP contribution in [0.2, 0.25) is 0 Å². The molecule has 0 amide bonds. The number of hydrogen-bond acceptors (Lipinski definition) is 3. The highest BCUT2D eigenvalue weighted by molar-refractivity contribution is 6.13. The predicted octanol–water partition coefficient (Wildman–Crippen LogP) is 17.6. The molecule has 0 fully saturated rings. The third kappa shape index (κ3) is 7.17. The quantitative estimate of drug-likeness (QED) is 0.145. The van der Waals surface area contributed by atoms with Gasteiger partial charge < -0.3 is 4.57 Å². The van der Waals surface area contributed by atoms with Crippen molar-refractivity contribution >= 4 is 21.8 Å². The van der Waals surface area contributed by atoms with Crippen LogP contribution < -0.4 is 0 Å². The van der Waals surface area contributed by atoms with Crippen molar-refractivity contribution in [3.05, 3.63) is 289 Å². The summed E-state index contributed by atoms with van der Waals surface area (Å²) < 4.78 is 2.50. The van der Waals surface area contributed by atoms with E-state index in [9.17, 15) is 0 Å². The minimum Gasteiger partial charge on any atom is -0.309 e. The largest absolute Gasteiger partial charge is 0.309 e. The van der Waals surface area contributed by atoms with Crippen LogP contribution in [0.5, 0.6) is 0 Å².